The van der Waals surface area contributed by atoms with Crippen LogP contribution < -0.4 is 5.32 Å². The van der Waals surface area contributed by atoms with Crippen molar-refractivity contribution in [3.63, 3.8) is 0 Å². The average Bonchev–Trinajstić information content (AvgIpc) is 2.43. The van der Waals surface area contributed by atoms with Gasteiger partial charge < -0.3 is 10.1 Å². The number of nitrogens with one attached hydrogen (secondary N) is 1. The molecular weight excluding hydrogens is 250 g/mol. The molecule has 0 unspecified atom stereocenters. The maximum absolute atomic E-state index is 12.2. The summed E-state index contributed by atoms with van der Waals surface area (Å²) in [5, 5.41) is 3.16. The zero-order valence-corrected chi connectivity index (χ0v) is 12.7. The molecule has 110 valence electrons. The van der Waals surface area contributed by atoms with E-state index in [0.717, 1.165) is 31.2 Å². The van der Waals surface area contributed by atoms with Gasteiger partial charge in [0.1, 0.15) is 0 Å². The first-order valence-corrected chi connectivity index (χ1v) is 7.46. The van der Waals surface area contributed by atoms with Gasteiger partial charge in [-0.1, -0.05) is 23.8 Å². The van der Waals surface area contributed by atoms with E-state index in [0.29, 0.717) is 18.6 Å². The largest absolute Gasteiger partial charge is 0.381 e. The number of hydrogen-bond donors (Lipinski definition) is 1. The predicted octanol–water partition coefficient (Wildman–Crippen LogP) is 2.92. The van der Waals surface area contributed by atoms with Crippen LogP contribution in [0.4, 0.5) is 0 Å². The molecule has 1 aliphatic rings. The van der Waals surface area contributed by atoms with E-state index in [1.807, 2.05) is 0 Å². The highest BCUT2D eigenvalue weighted by Crippen LogP contribution is 2.21. The van der Waals surface area contributed by atoms with Crippen LogP contribution in [0.5, 0.6) is 0 Å². The molecule has 3 heteroatoms. The van der Waals surface area contributed by atoms with Gasteiger partial charge >= 0.3 is 0 Å². The predicted molar refractivity (Wildman–Crippen MR) is 80.8 cm³/mol. The number of hydrogen-bond acceptors (Lipinski definition) is 2. The van der Waals surface area contributed by atoms with Crippen LogP contribution in [0.25, 0.3) is 0 Å². The first kappa shape index (κ1) is 15.0. The molecule has 20 heavy (non-hydrogen) atoms. The number of methoxy groups -OCH3 is 1. The lowest BCUT2D eigenvalue weighted by molar-refractivity contribution is -0.121. The van der Waals surface area contributed by atoms with E-state index in [4.69, 9.17) is 4.74 Å². The van der Waals surface area contributed by atoms with Crippen LogP contribution >= 0.6 is 0 Å². The summed E-state index contributed by atoms with van der Waals surface area (Å²) in [5.41, 5.74) is 3.53. The molecule has 3 nitrogen and oxygen atoms in total. The van der Waals surface area contributed by atoms with Crippen molar-refractivity contribution in [3.05, 3.63) is 34.9 Å². The van der Waals surface area contributed by atoms with Crippen molar-refractivity contribution in [3.8, 4) is 0 Å². The minimum atomic E-state index is 0.138. The first-order valence-electron chi connectivity index (χ1n) is 7.46. The Morgan fingerprint density at radius 1 is 1.25 bits per heavy atom. The van der Waals surface area contributed by atoms with Crippen LogP contribution in [-0.2, 0) is 16.0 Å². The Morgan fingerprint density at radius 2 is 1.95 bits per heavy atom. The van der Waals surface area contributed by atoms with E-state index in [1.165, 1.54) is 11.1 Å². The second kappa shape index (κ2) is 6.89. The molecule has 0 heterocycles. The molecule has 1 N–H and O–H groups in total. The summed E-state index contributed by atoms with van der Waals surface area (Å²) in [5.74, 6) is 0.138. The lowest BCUT2D eigenvalue weighted by atomic mass is 9.92. The normalized spacial score (nSPS) is 22.6. The number of carbonyl (C=O) groups is 1. The Hall–Kier alpha value is -1.35. The minimum absolute atomic E-state index is 0.138. The van der Waals surface area contributed by atoms with Gasteiger partial charge in [-0.05, 0) is 50.7 Å². The topological polar surface area (TPSA) is 38.3 Å². The Morgan fingerprint density at radius 3 is 2.60 bits per heavy atom. The molecule has 0 radical (unpaired) electrons. The van der Waals surface area contributed by atoms with Gasteiger partial charge in [-0.3, -0.25) is 4.79 Å². The lowest BCUT2D eigenvalue weighted by Gasteiger charge is -2.28. The summed E-state index contributed by atoms with van der Waals surface area (Å²) in [7, 11) is 1.77. The molecule has 0 spiro atoms. The number of carbonyl (C=O) groups excluding carboxylic acids is 1. The van der Waals surface area contributed by atoms with Crippen LogP contribution in [0.1, 0.15) is 42.4 Å². The van der Waals surface area contributed by atoms with E-state index < -0.39 is 0 Å². The summed E-state index contributed by atoms with van der Waals surface area (Å²) >= 11 is 0. The van der Waals surface area contributed by atoms with Crippen molar-refractivity contribution in [2.45, 2.75) is 58.1 Å². The zero-order valence-electron chi connectivity index (χ0n) is 12.7. The zero-order chi connectivity index (χ0) is 14.5. The average molecular weight is 275 g/mol. The SMILES string of the molecule is CO[C@H]1CC[C@@H](NC(=O)Cc2cc(C)ccc2C)CC1. The van der Waals surface area contributed by atoms with Crippen LogP contribution in [0.15, 0.2) is 18.2 Å². The Labute approximate surface area is 121 Å². The van der Waals surface area contributed by atoms with Gasteiger partial charge in [0.2, 0.25) is 5.91 Å². The Bertz CT molecular complexity index is 462. The Balaban J connectivity index is 1.85. The highest BCUT2D eigenvalue weighted by atomic mass is 16.5. The summed E-state index contributed by atoms with van der Waals surface area (Å²) in [6.07, 6.45) is 5.00. The van der Waals surface area contributed by atoms with Crippen molar-refractivity contribution in [2.75, 3.05) is 7.11 Å². The van der Waals surface area contributed by atoms with E-state index in [9.17, 15) is 4.79 Å². The number of benzene rings is 1. The van der Waals surface area contributed by atoms with Crippen molar-refractivity contribution in [1.29, 1.82) is 0 Å². The van der Waals surface area contributed by atoms with Crippen LogP contribution in [-0.4, -0.2) is 25.2 Å². The number of rotatable bonds is 4. The first-order chi connectivity index (χ1) is 9.58. The summed E-state index contributed by atoms with van der Waals surface area (Å²) in [6, 6.07) is 6.60. The van der Waals surface area contributed by atoms with Gasteiger partial charge in [0.15, 0.2) is 0 Å². The summed E-state index contributed by atoms with van der Waals surface area (Å²) < 4.78 is 5.36. The molecule has 1 aromatic carbocycles. The molecule has 0 saturated heterocycles. The fourth-order valence-electron chi connectivity index (χ4n) is 2.89. The number of aryl methyl sites for hydroxylation is 2. The van der Waals surface area contributed by atoms with Crippen LogP contribution in [0.3, 0.4) is 0 Å². The van der Waals surface area contributed by atoms with Crippen molar-refractivity contribution >= 4 is 5.91 Å². The molecule has 0 atom stereocenters. The van der Waals surface area contributed by atoms with Gasteiger partial charge in [-0.2, -0.15) is 0 Å². The fourth-order valence-corrected chi connectivity index (χ4v) is 2.89. The second-order valence-electron chi connectivity index (χ2n) is 5.88. The highest BCUT2D eigenvalue weighted by Gasteiger charge is 2.22. The van der Waals surface area contributed by atoms with Gasteiger partial charge in [-0.25, -0.2) is 0 Å². The molecule has 1 aromatic rings. The van der Waals surface area contributed by atoms with Crippen molar-refractivity contribution < 1.29 is 9.53 Å². The smallest absolute Gasteiger partial charge is 0.224 e. The van der Waals surface area contributed by atoms with Gasteiger partial charge in [0.05, 0.1) is 12.5 Å². The lowest BCUT2D eigenvalue weighted by Crippen LogP contribution is -2.39. The Kier molecular flexibility index (Phi) is 5.18. The molecule has 1 aliphatic carbocycles. The monoisotopic (exact) mass is 275 g/mol. The van der Waals surface area contributed by atoms with E-state index in [-0.39, 0.29) is 5.91 Å². The molecule has 1 amide bonds. The third-order valence-electron chi connectivity index (χ3n) is 4.23. The molecule has 0 aromatic heterocycles. The van der Waals surface area contributed by atoms with Gasteiger partial charge in [0.25, 0.3) is 0 Å². The molecular formula is C17H25NO2. The second-order valence-corrected chi connectivity index (χ2v) is 5.88. The van der Waals surface area contributed by atoms with E-state index in [2.05, 4.69) is 37.4 Å². The quantitative estimate of drug-likeness (QED) is 0.917. The maximum Gasteiger partial charge on any atom is 0.224 e. The summed E-state index contributed by atoms with van der Waals surface area (Å²) in [4.78, 5) is 12.2. The molecule has 0 bridgehead atoms. The molecule has 1 fully saturated rings. The number of amides is 1. The van der Waals surface area contributed by atoms with Crippen molar-refractivity contribution in [2.24, 2.45) is 0 Å². The van der Waals surface area contributed by atoms with E-state index in [1.54, 1.807) is 7.11 Å². The van der Waals surface area contributed by atoms with E-state index >= 15 is 0 Å². The van der Waals surface area contributed by atoms with Gasteiger partial charge in [-0.15, -0.1) is 0 Å². The van der Waals surface area contributed by atoms with Crippen LogP contribution in [0, 0.1) is 13.8 Å². The van der Waals surface area contributed by atoms with Crippen LogP contribution in [0.2, 0.25) is 0 Å². The summed E-state index contributed by atoms with van der Waals surface area (Å²) in [6.45, 7) is 4.12. The van der Waals surface area contributed by atoms with Crippen molar-refractivity contribution in [1.82, 2.24) is 5.32 Å². The number of ether oxygens (including phenoxy) is 1. The third kappa shape index (κ3) is 4.07. The maximum atomic E-state index is 12.2. The molecule has 2 rings (SSSR count). The molecule has 0 aliphatic heterocycles. The highest BCUT2D eigenvalue weighted by molar-refractivity contribution is 5.79. The fraction of sp³-hybridized carbons (Fsp3) is 0.588. The minimum Gasteiger partial charge on any atom is -0.381 e. The standard InChI is InChI=1S/C17H25NO2/c1-12-4-5-13(2)14(10-12)11-17(19)18-15-6-8-16(20-3)9-7-15/h4-5,10,15-16H,6-9,11H2,1-3H3,(H,18,19)/t15-,16+. The molecule has 1 saturated carbocycles. The third-order valence-corrected chi connectivity index (χ3v) is 4.23. The van der Waals surface area contributed by atoms with Gasteiger partial charge in [0, 0.05) is 13.2 Å².